The van der Waals surface area contributed by atoms with Crippen molar-refractivity contribution >= 4 is 54.5 Å². The Bertz CT molecular complexity index is 2380. The molecule has 0 radical (unpaired) electrons. The lowest BCUT2D eigenvalue weighted by atomic mass is 9.86. The van der Waals surface area contributed by atoms with Crippen molar-refractivity contribution < 1.29 is 8.83 Å². The maximum absolute atomic E-state index is 6.39. The molecule has 2 heterocycles. The van der Waals surface area contributed by atoms with Crippen LogP contribution < -0.4 is 0 Å². The van der Waals surface area contributed by atoms with Crippen LogP contribution in [0.5, 0.6) is 0 Å². The van der Waals surface area contributed by atoms with Gasteiger partial charge in [0.15, 0.2) is 0 Å². The van der Waals surface area contributed by atoms with Crippen LogP contribution in [0.4, 0.5) is 0 Å². The van der Waals surface area contributed by atoms with E-state index in [1.165, 1.54) is 43.8 Å². The highest BCUT2D eigenvalue weighted by Crippen LogP contribution is 2.44. The normalized spacial score (nSPS) is 11.8. The minimum Gasteiger partial charge on any atom is -0.456 e. The molecule has 0 spiro atoms. The number of furan rings is 2. The maximum Gasteiger partial charge on any atom is 0.136 e. The minimum absolute atomic E-state index is 0.850. The fraction of sp³-hybridized carbons (Fsp3) is 0. The van der Waals surface area contributed by atoms with Gasteiger partial charge in [0.05, 0.1) is 0 Å². The highest BCUT2D eigenvalue weighted by Gasteiger charge is 2.18. The molecule has 42 heavy (non-hydrogen) atoms. The Labute approximate surface area is 242 Å². The van der Waals surface area contributed by atoms with E-state index in [4.69, 9.17) is 8.83 Å². The molecule has 7 aromatic carbocycles. The van der Waals surface area contributed by atoms with E-state index in [1.54, 1.807) is 0 Å². The molecule has 0 amide bonds. The summed E-state index contributed by atoms with van der Waals surface area (Å²) in [5.74, 6) is 0.850. The SMILES string of the molecule is c1ccc(-c2c3ccccc3c(-c3ccc(-c4cc5c(ccc6oc7ccccc7c65)o4)cc3)c3ccccc23)cc1. The fourth-order valence-corrected chi connectivity index (χ4v) is 6.63. The molecule has 0 N–H and O–H groups in total. The van der Waals surface area contributed by atoms with E-state index < -0.39 is 0 Å². The Morgan fingerprint density at radius 1 is 0.310 bits per heavy atom. The van der Waals surface area contributed by atoms with Gasteiger partial charge in [-0.25, -0.2) is 0 Å². The second kappa shape index (κ2) is 8.95. The Balaban J connectivity index is 1.22. The molecule has 0 aliphatic carbocycles. The molecule has 0 saturated heterocycles. The molecule has 2 heteroatoms. The second-order valence-corrected chi connectivity index (χ2v) is 10.8. The van der Waals surface area contributed by atoms with Crippen molar-refractivity contribution in [3.05, 3.63) is 146 Å². The summed E-state index contributed by atoms with van der Waals surface area (Å²) < 4.78 is 12.5. The van der Waals surface area contributed by atoms with E-state index in [0.29, 0.717) is 0 Å². The molecule has 0 fully saturated rings. The minimum atomic E-state index is 0.850. The number of rotatable bonds is 3. The molecular weight excluding hydrogens is 512 g/mol. The second-order valence-electron chi connectivity index (χ2n) is 10.8. The zero-order chi connectivity index (χ0) is 27.6. The molecule has 196 valence electrons. The van der Waals surface area contributed by atoms with Gasteiger partial charge >= 0.3 is 0 Å². The van der Waals surface area contributed by atoms with Crippen LogP contribution in [0.25, 0.3) is 88.0 Å². The first kappa shape index (κ1) is 23.1. The molecule has 0 bridgehead atoms. The summed E-state index contributed by atoms with van der Waals surface area (Å²) in [5, 5.41) is 8.31. The fourth-order valence-electron chi connectivity index (χ4n) is 6.63. The van der Waals surface area contributed by atoms with E-state index in [-0.39, 0.29) is 0 Å². The number of benzene rings is 7. The zero-order valence-corrected chi connectivity index (χ0v) is 22.7. The van der Waals surface area contributed by atoms with Crippen LogP contribution in [0, 0.1) is 0 Å². The summed E-state index contributed by atoms with van der Waals surface area (Å²) >= 11 is 0. The van der Waals surface area contributed by atoms with E-state index in [1.807, 2.05) is 24.3 Å². The average molecular weight is 537 g/mol. The third kappa shape index (κ3) is 3.39. The third-order valence-electron chi connectivity index (χ3n) is 8.49. The van der Waals surface area contributed by atoms with Crippen molar-refractivity contribution in [3.8, 4) is 33.6 Å². The van der Waals surface area contributed by atoms with Gasteiger partial charge in [0.25, 0.3) is 0 Å². The summed E-state index contributed by atoms with van der Waals surface area (Å²) in [6.07, 6.45) is 0. The van der Waals surface area contributed by atoms with Crippen LogP contribution in [0.1, 0.15) is 0 Å². The third-order valence-corrected chi connectivity index (χ3v) is 8.49. The summed E-state index contributed by atoms with van der Waals surface area (Å²) in [6.45, 7) is 0. The molecule has 0 aliphatic heterocycles. The lowest BCUT2D eigenvalue weighted by molar-refractivity contribution is 0.631. The standard InChI is InChI=1S/C40H24O2/c1-2-10-26(11-3-1)38-28-12-4-6-14-30(28)39(31-15-7-5-13-29(31)38)27-20-18-25(19-21-27)37-24-33-35(42-37)22-23-36-40(33)32-16-8-9-17-34(32)41-36/h1-24H. The smallest absolute Gasteiger partial charge is 0.136 e. The summed E-state index contributed by atoms with van der Waals surface area (Å²) in [5.41, 5.74) is 8.63. The lowest BCUT2D eigenvalue weighted by Gasteiger charge is -2.17. The summed E-state index contributed by atoms with van der Waals surface area (Å²) in [7, 11) is 0. The predicted molar refractivity (Wildman–Crippen MR) is 175 cm³/mol. The van der Waals surface area contributed by atoms with Gasteiger partial charge in [-0.05, 0) is 68.1 Å². The monoisotopic (exact) mass is 536 g/mol. The van der Waals surface area contributed by atoms with Crippen molar-refractivity contribution in [2.45, 2.75) is 0 Å². The van der Waals surface area contributed by atoms with Gasteiger partial charge in [0.1, 0.15) is 22.5 Å². The Morgan fingerprint density at radius 2 is 0.786 bits per heavy atom. The molecule has 0 atom stereocenters. The van der Waals surface area contributed by atoms with Crippen molar-refractivity contribution in [2.75, 3.05) is 0 Å². The molecule has 9 aromatic rings. The number of hydrogen-bond acceptors (Lipinski definition) is 2. The van der Waals surface area contributed by atoms with Gasteiger partial charge in [0, 0.05) is 21.7 Å². The van der Waals surface area contributed by atoms with Crippen molar-refractivity contribution in [3.63, 3.8) is 0 Å². The molecule has 0 unspecified atom stereocenters. The van der Waals surface area contributed by atoms with E-state index in [9.17, 15) is 0 Å². The first-order chi connectivity index (χ1) is 20.8. The van der Waals surface area contributed by atoms with Gasteiger partial charge in [-0.3, -0.25) is 0 Å². The molecule has 2 nitrogen and oxygen atoms in total. The Morgan fingerprint density at radius 3 is 1.43 bits per heavy atom. The van der Waals surface area contributed by atoms with Crippen molar-refractivity contribution in [1.29, 1.82) is 0 Å². The topological polar surface area (TPSA) is 26.3 Å². The van der Waals surface area contributed by atoms with Crippen LogP contribution >= 0.6 is 0 Å². The maximum atomic E-state index is 6.39. The number of para-hydroxylation sites is 1. The van der Waals surface area contributed by atoms with Crippen LogP contribution in [-0.4, -0.2) is 0 Å². The average Bonchev–Trinajstić information content (AvgIpc) is 3.66. The lowest BCUT2D eigenvalue weighted by Crippen LogP contribution is -1.90. The molecule has 2 aromatic heterocycles. The Kier molecular flexibility index (Phi) is 4.93. The van der Waals surface area contributed by atoms with Gasteiger partial charge in [-0.2, -0.15) is 0 Å². The van der Waals surface area contributed by atoms with Crippen LogP contribution in [-0.2, 0) is 0 Å². The number of fused-ring (bicyclic) bond motifs is 7. The van der Waals surface area contributed by atoms with E-state index in [0.717, 1.165) is 44.2 Å². The van der Waals surface area contributed by atoms with Gasteiger partial charge in [0.2, 0.25) is 0 Å². The molecular formula is C40H24O2. The number of hydrogen-bond donors (Lipinski definition) is 0. The van der Waals surface area contributed by atoms with Gasteiger partial charge in [-0.1, -0.05) is 121 Å². The van der Waals surface area contributed by atoms with Crippen molar-refractivity contribution in [1.82, 2.24) is 0 Å². The summed E-state index contributed by atoms with van der Waals surface area (Å²) in [6, 6.07) is 51.4. The first-order valence-electron chi connectivity index (χ1n) is 14.3. The van der Waals surface area contributed by atoms with Crippen LogP contribution in [0.3, 0.4) is 0 Å². The van der Waals surface area contributed by atoms with Gasteiger partial charge in [-0.15, -0.1) is 0 Å². The molecule has 0 aliphatic rings. The highest BCUT2D eigenvalue weighted by molar-refractivity contribution is 6.21. The van der Waals surface area contributed by atoms with E-state index in [2.05, 4.69) is 121 Å². The van der Waals surface area contributed by atoms with Crippen LogP contribution in [0.2, 0.25) is 0 Å². The first-order valence-corrected chi connectivity index (χ1v) is 14.3. The van der Waals surface area contributed by atoms with Crippen molar-refractivity contribution in [2.24, 2.45) is 0 Å². The predicted octanol–water partition coefficient (Wildman–Crippen LogP) is 11.6. The Hall–Kier alpha value is -5.60. The van der Waals surface area contributed by atoms with Crippen LogP contribution in [0.15, 0.2) is 154 Å². The largest absolute Gasteiger partial charge is 0.456 e. The zero-order valence-electron chi connectivity index (χ0n) is 22.7. The summed E-state index contributed by atoms with van der Waals surface area (Å²) in [4.78, 5) is 0. The quantitative estimate of drug-likeness (QED) is 0.210. The van der Waals surface area contributed by atoms with Gasteiger partial charge < -0.3 is 8.83 Å². The molecule has 9 rings (SSSR count). The van der Waals surface area contributed by atoms with E-state index >= 15 is 0 Å². The molecule has 0 saturated carbocycles. The highest BCUT2D eigenvalue weighted by atomic mass is 16.3.